The number of halogens is 1. The van der Waals surface area contributed by atoms with Crippen molar-refractivity contribution in [3.8, 4) is 5.75 Å². The molecular weight excluding hydrogens is 207 g/mol. The van der Waals surface area contributed by atoms with Crippen LogP contribution < -0.4 is 4.74 Å². The predicted molar refractivity (Wildman–Crippen MR) is 62.0 cm³/mol. The van der Waals surface area contributed by atoms with Crippen LogP contribution >= 0.6 is 0 Å². The Bertz CT molecular complexity index is 335. The van der Waals surface area contributed by atoms with E-state index >= 15 is 0 Å². The van der Waals surface area contributed by atoms with Gasteiger partial charge >= 0.3 is 0 Å². The molecular formula is C13H19FO2. The summed E-state index contributed by atoms with van der Waals surface area (Å²) in [6.45, 7) is 6.42. The van der Waals surface area contributed by atoms with Gasteiger partial charge in [-0.15, -0.1) is 0 Å². The summed E-state index contributed by atoms with van der Waals surface area (Å²) in [5, 5.41) is 9.49. The van der Waals surface area contributed by atoms with Crippen LogP contribution in [0, 0.1) is 11.7 Å². The molecule has 0 bridgehead atoms. The lowest BCUT2D eigenvalue weighted by Gasteiger charge is -2.14. The van der Waals surface area contributed by atoms with Crippen molar-refractivity contribution in [3.63, 3.8) is 0 Å². The van der Waals surface area contributed by atoms with Crippen LogP contribution in [0.2, 0.25) is 0 Å². The summed E-state index contributed by atoms with van der Waals surface area (Å²) in [6.07, 6.45) is 0.223. The van der Waals surface area contributed by atoms with Gasteiger partial charge in [-0.05, 0) is 37.5 Å². The first-order valence-corrected chi connectivity index (χ1v) is 5.61. The lowest BCUT2D eigenvalue weighted by atomic mass is 10.1. The fourth-order valence-corrected chi connectivity index (χ4v) is 1.38. The maximum absolute atomic E-state index is 13.0. The zero-order valence-electron chi connectivity index (χ0n) is 10.0. The first-order valence-electron chi connectivity index (χ1n) is 5.61. The molecule has 3 heteroatoms. The second-order valence-corrected chi connectivity index (χ2v) is 4.39. The molecule has 0 aromatic heterocycles. The van der Waals surface area contributed by atoms with Gasteiger partial charge in [-0.25, -0.2) is 4.39 Å². The van der Waals surface area contributed by atoms with Crippen LogP contribution in [-0.2, 0) is 0 Å². The lowest BCUT2D eigenvalue weighted by molar-refractivity contribution is 0.189. The Morgan fingerprint density at radius 1 is 1.31 bits per heavy atom. The van der Waals surface area contributed by atoms with Gasteiger partial charge in [0, 0.05) is 5.56 Å². The molecule has 0 aliphatic rings. The van der Waals surface area contributed by atoms with E-state index < -0.39 is 6.10 Å². The average molecular weight is 226 g/mol. The number of hydrogen-bond acceptors (Lipinski definition) is 2. The van der Waals surface area contributed by atoms with Crippen LogP contribution in [0.3, 0.4) is 0 Å². The van der Waals surface area contributed by atoms with Crippen molar-refractivity contribution in [2.75, 3.05) is 6.61 Å². The van der Waals surface area contributed by atoms with Crippen LogP contribution in [0.25, 0.3) is 0 Å². The summed E-state index contributed by atoms with van der Waals surface area (Å²) in [4.78, 5) is 0. The van der Waals surface area contributed by atoms with Gasteiger partial charge in [0.15, 0.2) is 0 Å². The van der Waals surface area contributed by atoms with Crippen molar-refractivity contribution in [1.29, 1.82) is 0 Å². The monoisotopic (exact) mass is 226 g/mol. The van der Waals surface area contributed by atoms with Crippen molar-refractivity contribution in [3.05, 3.63) is 29.6 Å². The largest absolute Gasteiger partial charge is 0.493 e. The standard InChI is InChI=1S/C13H19FO2/c1-9(2)6-7-16-13-5-4-11(14)8-12(13)10(3)15/h4-5,8-10,15H,6-7H2,1-3H3/t10-/m1/s1. The molecule has 0 amide bonds. The number of ether oxygens (including phenoxy) is 1. The number of benzene rings is 1. The van der Waals surface area contributed by atoms with Gasteiger partial charge in [0.05, 0.1) is 12.7 Å². The highest BCUT2D eigenvalue weighted by Crippen LogP contribution is 2.26. The van der Waals surface area contributed by atoms with Crippen molar-refractivity contribution < 1.29 is 14.2 Å². The third-order valence-electron chi connectivity index (χ3n) is 2.37. The molecule has 0 saturated heterocycles. The topological polar surface area (TPSA) is 29.5 Å². The molecule has 0 saturated carbocycles. The summed E-state index contributed by atoms with van der Waals surface area (Å²) in [6, 6.07) is 4.23. The lowest BCUT2D eigenvalue weighted by Crippen LogP contribution is -2.05. The van der Waals surface area contributed by atoms with E-state index in [1.54, 1.807) is 13.0 Å². The maximum atomic E-state index is 13.0. The van der Waals surface area contributed by atoms with Crippen molar-refractivity contribution in [2.45, 2.75) is 33.3 Å². The fraction of sp³-hybridized carbons (Fsp3) is 0.538. The van der Waals surface area contributed by atoms with E-state index in [0.717, 1.165) is 6.42 Å². The Labute approximate surface area is 96.1 Å². The van der Waals surface area contributed by atoms with Crippen LogP contribution in [-0.4, -0.2) is 11.7 Å². The predicted octanol–water partition coefficient (Wildman–Crippen LogP) is 3.30. The minimum Gasteiger partial charge on any atom is -0.493 e. The van der Waals surface area contributed by atoms with Gasteiger partial charge in [-0.3, -0.25) is 0 Å². The molecule has 0 radical (unpaired) electrons. The number of hydrogen-bond donors (Lipinski definition) is 1. The van der Waals surface area contributed by atoms with Gasteiger partial charge in [-0.2, -0.15) is 0 Å². The summed E-state index contributed by atoms with van der Waals surface area (Å²) >= 11 is 0. The minimum atomic E-state index is -0.718. The Morgan fingerprint density at radius 2 is 2.00 bits per heavy atom. The summed E-state index contributed by atoms with van der Waals surface area (Å²) in [5.41, 5.74) is 0.503. The van der Waals surface area contributed by atoms with E-state index in [4.69, 9.17) is 4.74 Å². The highest BCUT2D eigenvalue weighted by molar-refractivity contribution is 5.35. The van der Waals surface area contributed by atoms with Crippen LogP contribution in [0.4, 0.5) is 4.39 Å². The quantitative estimate of drug-likeness (QED) is 0.834. The summed E-state index contributed by atoms with van der Waals surface area (Å²) in [7, 11) is 0. The first-order chi connectivity index (χ1) is 7.50. The molecule has 90 valence electrons. The van der Waals surface area contributed by atoms with Crippen LogP contribution in [0.1, 0.15) is 38.9 Å². The second kappa shape index (κ2) is 5.85. The molecule has 1 N–H and O–H groups in total. The second-order valence-electron chi connectivity index (χ2n) is 4.39. The van der Waals surface area contributed by atoms with Crippen molar-refractivity contribution >= 4 is 0 Å². The molecule has 0 fully saturated rings. The number of aliphatic hydroxyl groups is 1. The molecule has 1 aromatic rings. The molecule has 2 nitrogen and oxygen atoms in total. The van der Waals surface area contributed by atoms with E-state index in [2.05, 4.69) is 13.8 Å². The van der Waals surface area contributed by atoms with E-state index in [1.807, 2.05) is 0 Å². The third kappa shape index (κ3) is 3.81. The van der Waals surface area contributed by atoms with Gasteiger partial charge in [0.2, 0.25) is 0 Å². The zero-order chi connectivity index (χ0) is 12.1. The van der Waals surface area contributed by atoms with Crippen LogP contribution in [0.5, 0.6) is 5.75 Å². The molecule has 1 atom stereocenters. The molecule has 0 unspecified atom stereocenters. The molecule has 0 aliphatic heterocycles. The van der Waals surface area contributed by atoms with Crippen molar-refractivity contribution in [2.24, 2.45) is 5.92 Å². The molecule has 0 spiro atoms. The fourth-order valence-electron chi connectivity index (χ4n) is 1.38. The highest BCUT2D eigenvalue weighted by Gasteiger charge is 2.10. The SMILES string of the molecule is CC(C)CCOc1ccc(F)cc1[C@@H](C)O. The molecule has 16 heavy (non-hydrogen) atoms. The molecule has 0 heterocycles. The summed E-state index contributed by atoms with van der Waals surface area (Å²) < 4.78 is 18.5. The molecule has 1 aromatic carbocycles. The first kappa shape index (κ1) is 13.0. The number of aliphatic hydroxyl groups excluding tert-OH is 1. The van der Waals surface area contributed by atoms with E-state index in [1.165, 1.54) is 12.1 Å². The summed E-state index contributed by atoms with van der Waals surface area (Å²) in [5.74, 6) is 0.777. The Balaban J connectivity index is 2.71. The van der Waals surface area contributed by atoms with Gasteiger partial charge in [0.1, 0.15) is 11.6 Å². The van der Waals surface area contributed by atoms with Gasteiger partial charge in [-0.1, -0.05) is 13.8 Å². The van der Waals surface area contributed by atoms with E-state index in [-0.39, 0.29) is 5.82 Å². The van der Waals surface area contributed by atoms with E-state index in [0.29, 0.717) is 23.8 Å². The third-order valence-corrected chi connectivity index (χ3v) is 2.37. The number of rotatable bonds is 5. The Kier molecular flexibility index (Phi) is 4.74. The highest BCUT2D eigenvalue weighted by atomic mass is 19.1. The maximum Gasteiger partial charge on any atom is 0.125 e. The average Bonchev–Trinajstić information content (AvgIpc) is 2.19. The van der Waals surface area contributed by atoms with Crippen molar-refractivity contribution in [1.82, 2.24) is 0 Å². The van der Waals surface area contributed by atoms with Gasteiger partial charge in [0.25, 0.3) is 0 Å². The molecule has 0 aliphatic carbocycles. The smallest absolute Gasteiger partial charge is 0.125 e. The van der Waals surface area contributed by atoms with Gasteiger partial charge < -0.3 is 9.84 Å². The van der Waals surface area contributed by atoms with Crippen LogP contribution in [0.15, 0.2) is 18.2 Å². The van der Waals surface area contributed by atoms with E-state index in [9.17, 15) is 9.50 Å². The molecule has 1 rings (SSSR count). The Hall–Kier alpha value is -1.09. The minimum absolute atomic E-state index is 0.355. The Morgan fingerprint density at radius 3 is 2.56 bits per heavy atom. The zero-order valence-corrected chi connectivity index (χ0v) is 10.0. The normalized spacial score (nSPS) is 12.9.